The zero-order valence-corrected chi connectivity index (χ0v) is 17.1. The third-order valence-corrected chi connectivity index (χ3v) is 5.81. The molecule has 2 aliphatic rings. The van der Waals surface area contributed by atoms with Crippen LogP contribution in [0.25, 0.3) is 5.65 Å². The predicted molar refractivity (Wildman–Crippen MR) is 107 cm³/mol. The third kappa shape index (κ3) is 3.71. The summed E-state index contributed by atoms with van der Waals surface area (Å²) in [4.78, 5) is 43.5. The first kappa shape index (κ1) is 19.4. The molecule has 4 rings (SSSR count). The number of hydrogen-bond acceptors (Lipinski definition) is 4. The van der Waals surface area contributed by atoms with Crippen LogP contribution in [-0.4, -0.2) is 44.2 Å². The van der Waals surface area contributed by atoms with E-state index in [9.17, 15) is 14.4 Å². The third-order valence-electron chi connectivity index (χ3n) is 5.81. The molecule has 0 radical (unpaired) electrons. The lowest BCUT2D eigenvalue weighted by atomic mass is 9.64. The molecule has 1 spiro atoms. The lowest BCUT2D eigenvalue weighted by Gasteiger charge is -2.43. The number of nitrogens with one attached hydrogen (secondary N) is 2. The summed E-state index contributed by atoms with van der Waals surface area (Å²) in [7, 11) is 0. The summed E-state index contributed by atoms with van der Waals surface area (Å²) in [5.74, 6) is -0.345. The molecule has 1 saturated heterocycles. The Morgan fingerprint density at radius 1 is 1.31 bits per heavy atom. The first-order chi connectivity index (χ1) is 13.7. The molecular weight excluding hydrogens is 370 g/mol. The molecule has 0 bridgehead atoms. The van der Waals surface area contributed by atoms with E-state index >= 15 is 0 Å². The van der Waals surface area contributed by atoms with Gasteiger partial charge in [-0.3, -0.25) is 14.5 Å². The zero-order valence-electron chi connectivity index (χ0n) is 17.1. The highest BCUT2D eigenvalue weighted by Gasteiger charge is 2.56. The van der Waals surface area contributed by atoms with Crippen molar-refractivity contribution in [3.8, 4) is 0 Å². The minimum Gasteiger partial charge on any atom is -0.349 e. The smallest absolute Gasteiger partial charge is 0.325 e. The molecule has 2 atom stereocenters. The second-order valence-corrected chi connectivity index (χ2v) is 9.23. The van der Waals surface area contributed by atoms with Crippen molar-refractivity contribution < 1.29 is 14.4 Å². The number of nitrogens with zero attached hydrogens (tertiary/aromatic N) is 3. The van der Waals surface area contributed by atoms with Gasteiger partial charge in [-0.05, 0) is 42.7 Å². The molecule has 1 aliphatic carbocycles. The number of imidazole rings is 1. The van der Waals surface area contributed by atoms with Crippen LogP contribution in [0.3, 0.4) is 0 Å². The number of carbonyl (C=O) groups excluding carboxylic acids is 3. The van der Waals surface area contributed by atoms with Crippen molar-refractivity contribution in [3.63, 3.8) is 0 Å². The Morgan fingerprint density at radius 2 is 2.10 bits per heavy atom. The Morgan fingerprint density at radius 3 is 2.83 bits per heavy atom. The standard InChI is InChI=1S/C21H27N5O3/c1-14-8-20(2,3)13-21(9-14)18(28)26(19(29)24-21)12-17(27)22-10-15-11-25-7-5-4-6-16(25)23-15/h4-7,11,14H,8-10,12-13H2,1-3H3,(H,22,27)(H,24,29). The normalized spacial score (nSPS) is 26.2. The first-order valence-corrected chi connectivity index (χ1v) is 10.0. The molecule has 2 N–H and O–H groups in total. The van der Waals surface area contributed by atoms with E-state index in [4.69, 9.17) is 0 Å². The topological polar surface area (TPSA) is 95.8 Å². The highest BCUT2D eigenvalue weighted by molar-refractivity contribution is 6.09. The van der Waals surface area contributed by atoms with Gasteiger partial charge < -0.3 is 15.0 Å². The molecule has 4 amide bonds. The van der Waals surface area contributed by atoms with Crippen LogP contribution in [0.2, 0.25) is 0 Å². The lowest BCUT2D eigenvalue weighted by molar-refractivity contribution is -0.137. The quantitative estimate of drug-likeness (QED) is 0.772. The Hall–Kier alpha value is -2.90. The van der Waals surface area contributed by atoms with Gasteiger partial charge in [0.25, 0.3) is 5.91 Å². The van der Waals surface area contributed by atoms with Crippen molar-refractivity contribution >= 4 is 23.5 Å². The average molecular weight is 397 g/mol. The van der Waals surface area contributed by atoms with Crippen LogP contribution >= 0.6 is 0 Å². The van der Waals surface area contributed by atoms with Crippen molar-refractivity contribution in [3.05, 3.63) is 36.3 Å². The molecule has 1 aliphatic heterocycles. The molecule has 8 nitrogen and oxygen atoms in total. The summed E-state index contributed by atoms with van der Waals surface area (Å²) in [6.07, 6.45) is 5.93. The van der Waals surface area contributed by atoms with E-state index in [0.29, 0.717) is 24.5 Å². The van der Waals surface area contributed by atoms with Gasteiger partial charge in [0.2, 0.25) is 5.91 Å². The zero-order chi connectivity index (χ0) is 20.8. The number of pyridine rings is 1. The maximum Gasteiger partial charge on any atom is 0.325 e. The van der Waals surface area contributed by atoms with E-state index < -0.39 is 11.6 Å². The Balaban J connectivity index is 1.40. The van der Waals surface area contributed by atoms with E-state index in [1.54, 1.807) is 0 Å². The van der Waals surface area contributed by atoms with Gasteiger partial charge in [0.15, 0.2) is 0 Å². The number of fused-ring (bicyclic) bond motifs is 1. The minimum atomic E-state index is -0.889. The van der Waals surface area contributed by atoms with Crippen molar-refractivity contribution in [1.82, 2.24) is 24.9 Å². The molecule has 3 heterocycles. The molecule has 2 fully saturated rings. The van der Waals surface area contributed by atoms with Gasteiger partial charge in [-0.2, -0.15) is 0 Å². The average Bonchev–Trinajstić information content (AvgIpc) is 3.12. The Bertz CT molecular complexity index is 949. The summed E-state index contributed by atoms with van der Waals surface area (Å²) >= 11 is 0. The van der Waals surface area contributed by atoms with E-state index in [0.717, 1.165) is 17.0 Å². The van der Waals surface area contributed by atoms with Crippen molar-refractivity contribution in [2.24, 2.45) is 11.3 Å². The summed E-state index contributed by atoms with van der Waals surface area (Å²) in [6, 6.07) is 5.19. The number of hydrogen-bond donors (Lipinski definition) is 2. The van der Waals surface area contributed by atoms with Gasteiger partial charge in [-0.15, -0.1) is 0 Å². The highest BCUT2D eigenvalue weighted by atomic mass is 16.2. The first-order valence-electron chi connectivity index (χ1n) is 10.0. The number of aromatic nitrogens is 2. The summed E-state index contributed by atoms with van der Waals surface area (Å²) in [5.41, 5.74) is 0.574. The van der Waals surface area contributed by atoms with Gasteiger partial charge >= 0.3 is 6.03 Å². The molecule has 2 aromatic heterocycles. The van der Waals surface area contributed by atoms with Crippen LogP contribution in [0.1, 0.15) is 45.7 Å². The largest absolute Gasteiger partial charge is 0.349 e. The van der Waals surface area contributed by atoms with Gasteiger partial charge in [0, 0.05) is 12.4 Å². The molecule has 8 heteroatoms. The molecule has 2 unspecified atom stereocenters. The maximum atomic E-state index is 13.1. The number of carbonyl (C=O) groups is 3. The van der Waals surface area contributed by atoms with Crippen molar-refractivity contribution in [2.75, 3.05) is 6.54 Å². The van der Waals surface area contributed by atoms with Crippen LogP contribution in [-0.2, 0) is 16.1 Å². The fraction of sp³-hybridized carbons (Fsp3) is 0.524. The van der Waals surface area contributed by atoms with Crippen LogP contribution in [0.15, 0.2) is 30.6 Å². The molecule has 29 heavy (non-hydrogen) atoms. The summed E-state index contributed by atoms with van der Waals surface area (Å²) in [6.45, 7) is 6.29. The number of imide groups is 1. The second kappa shape index (κ2) is 6.86. The van der Waals surface area contributed by atoms with E-state index in [1.807, 2.05) is 35.0 Å². The lowest BCUT2D eigenvalue weighted by Crippen LogP contribution is -2.54. The molecule has 2 aromatic rings. The number of urea groups is 1. The van der Waals surface area contributed by atoms with Crippen LogP contribution in [0.5, 0.6) is 0 Å². The van der Waals surface area contributed by atoms with E-state index in [2.05, 4.69) is 36.4 Å². The van der Waals surface area contributed by atoms with Gasteiger partial charge in [0.1, 0.15) is 17.7 Å². The van der Waals surface area contributed by atoms with Crippen LogP contribution in [0, 0.1) is 11.3 Å². The van der Waals surface area contributed by atoms with Gasteiger partial charge in [-0.1, -0.05) is 26.8 Å². The minimum absolute atomic E-state index is 0.0397. The SMILES string of the molecule is CC1CC(C)(C)CC2(C1)NC(=O)N(CC(=O)NCc1cn3ccccc3n1)C2=O. The second-order valence-electron chi connectivity index (χ2n) is 9.23. The van der Waals surface area contributed by atoms with Crippen molar-refractivity contribution in [2.45, 2.75) is 52.1 Å². The predicted octanol–water partition coefficient (Wildman–Crippen LogP) is 2.09. The summed E-state index contributed by atoms with van der Waals surface area (Å²) < 4.78 is 1.87. The number of amides is 4. The van der Waals surface area contributed by atoms with Crippen LogP contribution < -0.4 is 10.6 Å². The highest BCUT2D eigenvalue weighted by Crippen LogP contribution is 2.46. The summed E-state index contributed by atoms with van der Waals surface area (Å²) in [5, 5.41) is 5.65. The van der Waals surface area contributed by atoms with E-state index in [1.165, 1.54) is 0 Å². The number of rotatable bonds is 4. The van der Waals surface area contributed by atoms with Crippen molar-refractivity contribution in [1.29, 1.82) is 0 Å². The molecule has 1 saturated carbocycles. The fourth-order valence-corrected chi connectivity index (χ4v) is 5.11. The van der Waals surface area contributed by atoms with Gasteiger partial charge in [0.05, 0.1) is 12.2 Å². The monoisotopic (exact) mass is 397 g/mol. The van der Waals surface area contributed by atoms with Crippen LogP contribution in [0.4, 0.5) is 4.79 Å². The molecule has 0 aromatic carbocycles. The molecule has 154 valence electrons. The Kier molecular flexibility index (Phi) is 4.59. The maximum absolute atomic E-state index is 13.1. The Labute approximate surface area is 169 Å². The van der Waals surface area contributed by atoms with E-state index in [-0.39, 0.29) is 30.3 Å². The fourth-order valence-electron chi connectivity index (χ4n) is 5.11. The van der Waals surface area contributed by atoms with Gasteiger partial charge in [-0.25, -0.2) is 9.78 Å². The molecular formula is C21H27N5O3.